The van der Waals surface area contributed by atoms with Gasteiger partial charge in [-0.2, -0.15) is 5.10 Å². The molecule has 3 rings (SSSR count). The lowest BCUT2D eigenvalue weighted by atomic mass is 10.0. The molecule has 0 fully saturated rings. The van der Waals surface area contributed by atoms with Crippen LogP contribution in [-0.4, -0.2) is 19.2 Å². The van der Waals surface area contributed by atoms with Gasteiger partial charge in [-0.1, -0.05) is 70.5 Å². The third-order valence-electron chi connectivity index (χ3n) is 4.53. The Morgan fingerprint density at radius 3 is 2.43 bits per heavy atom. The van der Waals surface area contributed by atoms with Gasteiger partial charge in [0.15, 0.2) is 0 Å². The highest BCUT2D eigenvalue weighted by molar-refractivity contribution is 9.10. The van der Waals surface area contributed by atoms with Crippen molar-refractivity contribution in [2.24, 2.45) is 15.8 Å². The van der Waals surface area contributed by atoms with E-state index in [-0.39, 0.29) is 12.5 Å². The third-order valence-corrected chi connectivity index (χ3v) is 5.38. The number of hydrazone groups is 1. The second-order valence-electron chi connectivity index (χ2n) is 6.79. The number of aliphatic imine (C=N–C) groups is 1. The zero-order chi connectivity index (χ0) is 21.5. The zero-order valence-electron chi connectivity index (χ0n) is 16.8. The van der Waals surface area contributed by atoms with Gasteiger partial charge in [0, 0.05) is 10.2 Å². The van der Waals surface area contributed by atoms with Crippen LogP contribution in [0, 0.1) is 12.1 Å². The summed E-state index contributed by atoms with van der Waals surface area (Å²) in [6.07, 6.45) is 1.68. The number of guanidine groups is 1. The summed E-state index contributed by atoms with van der Waals surface area (Å²) in [6.45, 7) is 2.20. The molecule has 0 aromatic heterocycles. The van der Waals surface area contributed by atoms with Gasteiger partial charge in [-0.25, -0.2) is 10.4 Å². The minimum Gasteiger partial charge on any atom is -0.758 e. The van der Waals surface area contributed by atoms with Gasteiger partial charge in [-0.15, -0.1) is 0 Å². The number of hydroxylamine groups is 1. The standard InChI is InChI=1S/C23H23BrN5O/c1-16-12-22(29(2)30)20(13-21(16)24)15-26-23(25)28-27-14-17-8-10-19(11-9-17)18-6-4-3-5-7-18/h3-14H,15H2,1-2H3,(H3,25,26,28)/q-1/b27-14+. The van der Waals surface area contributed by atoms with Crippen molar-refractivity contribution in [2.45, 2.75) is 13.5 Å². The van der Waals surface area contributed by atoms with Crippen molar-refractivity contribution in [3.63, 3.8) is 0 Å². The van der Waals surface area contributed by atoms with Crippen molar-refractivity contribution in [1.29, 1.82) is 0 Å². The summed E-state index contributed by atoms with van der Waals surface area (Å²) in [7, 11) is 1.46. The Bertz CT molecular complexity index is 1050. The van der Waals surface area contributed by atoms with Gasteiger partial charge in [0.05, 0.1) is 12.8 Å². The van der Waals surface area contributed by atoms with Crippen molar-refractivity contribution in [2.75, 3.05) is 12.1 Å². The molecule has 0 aliphatic carbocycles. The van der Waals surface area contributed by atoms with E-state index in [1.807, 2.05) is 61.5 Å². The van der Waals surface area contributed by atoms with Crippen LogP contribution in [0.4, 0.5) is 5.69 Å². The maximum absolute atomic E-state index is 11.8. The van der Waals surface area contributed by atoms with Crippen LogP contribution < -0.4 is 16.2 Å². The summed E-state index contributed by atoms with van der Waals surface area (Å²) < 4.78 is 0.918. The molecular formula is C23H23BrN5O-. The Morgan fingerprint density at radius 1 is 1.10 bits per heavy atom. The molecule has 0 aliphatic heterocycles. The monoisotopic (exact) mass is 464 g/mol. The quantitative estimate of drug-likeness (QED) is 0.311. The summed E-state index contributed by atoms with van der Waals surface area (Å²) in [5, 5.41) is 16.8. The predicted molar refractivity (Wildman–Crippen MR) is 129 cm³/mol. The van der Waals surface area contributed by atoms with E-state index in [9.17, 15) is 5.21 Å². The molecule has 0 radical (unpaired) electrons. The lowest BCUT2D eigenvalue weighted by molar-refractivity contribution is 0.957. The molecule has 0 aliphatic rings. The maximum Gasteiger partial charge on any atom is 0.209 e. The number of hydrogen-bond donors (Lipinski definition) is 2. The van der Waals surface area contributed by atoms with E-state index >= 15 is 0 Å². The number of rotatable bonds is 6. The molecule has 0 saturated carbocycles. The fraction of sp³-hybridized carbons (Fsp3) is 0.130. The van der Waals surface area contributed by atoms with Crippen LogP contribution in [0.5, 0.6) is 0 Å². The largest absolute Gasteiger partial charge is 0.758 e. The van der Waals surface area contributed by atoms with Crippen LogP contribution in [0.2, 0.25) is 0 Å². The van der Waals surface area contributed by atoms with Gasteiger partial charge >= 0.3 is 0 Å². The number of anilines is 1. The van der Waals surface area contributed by atoms with E-state index in [0.717, 1.165) is 31.8 Å². The summed E-state index contributed by atoms with van der Waals surface area (Å²) in [5.74, 6) is 0.170. The smallest absolute Gasteiger partial charge is 0.209 e. The lowest BCUT2D eigenvalue weighted by Crippen LogP contribution is -2.27. The molecule has 6 nitrogen and oxygen atoms in total. The van der Waals surface area contributed by atoms with Crippen molar-refractivity contribution < 1.29 is 0 Å². The number of hydrogen-bond acceptors (Lipinski definition) is 4. The van der Waals surface area contributed by atoms with Gasteiger partial charge in [0.25, 0.3) is 0 Å². The molecule has 0 amide bonds. The van der Waals surface area contributed by atoms with Gasteiger partial charge in [-0.3, -0.25) is 0 Å². The first kappa shape index (κ1) is 21.5. The molecular weight excluding hydrogens is 442 g/mol. The van der Waals surface area contributed by atoms with E-state index in [1.54, 1.807) is 6.21 Å². The molecule has 0 unspecified atom stereocenters. The lowest BCUT2D eigenvalue weighted by Gasteiger charge is -2.28. The molecule has 7 heteroatoms. The first-order valence-corrected chi connectivity index (χ1v) is 10.2. The minimum absolute atomic E-state index is 0.170. The van der Waals surface area contributed by atoms with E-state index in [4.69, 9.17) is 5.73 Å². The fourth-order valence-corrected chi connectivity index (χ4v) is 3.29. The topological polar surface area (TPSA) is 89.1 Å². The SMILES string of the molecule is Cc1cc(N(C)[O-])c(CN=C(N)N/N=C/c2ccc(-c3ccccc3)cc2)cc1Br. The average Bonchev–Trinajstić information content (AvgIpc) is 2.75. The summed E-state index contributed by atoms with van der Waals surface area (Å²) >= 11 is 3.48. The first-order chi connectivity index (χ1) is 14.4. The van der Waals surface area contributed by atoms with Crippen LogP contribution in [0.3, 0.4) is 0 Å². The molecule has 3 aromatic rings. The normalized spacial score (nSPS) is 11.7. The highest BCUT2D eigenvalue weighted by Crippen LogP contribution is 2.27. The molecule has 3 N–H and O–H groups in total. The molecule has 0 heterocycles. The van der Waals surface area contributed by atoms with Crippen molar-refractivity contribution in [1.82, 2.24) is 5.43 Å². The number of nitrogens with one attached hydrogen (secondary N) is 1. The minimum atomic E-state index is 0.170. The molecule has 154 valence electrons. The van der Waals surface area contributed by atoms with E-state index in [1.165, 1.54) is 12.6 Å². The van der Waals surface area contributed by atoms with Gasteiger partial charge in [-0.05, 0) is 53.9 Å². The van der Waals surface area contributed by atoms with Gasteiger partial charge < -0.3 is 16.0 Å². The zero-order valence-corrected chi connectivity index (χ0v) is 18.4. The maximum atomic E-state index is 11.8. The summed E-state index contributed by atoms with van der Waals surface area (Å²) in [5.41, 5.74) is 14.2. The van der Waals surface area contributed by atoms with E-state index < -0.39 is 0 Å². The fourth-order valence-electron chi connectivity index (χ4n) is 2.90. The van der Waals surface area contributed by atoms with Crippen LogP contribution in [0.25, 0.3) is 11.1 Å². The van der Waals surface area contributed by atoms with Crippen molar-refractivity contribution in [3.05, 3.63) is 93.1 Å². The number of nitrogens with zero attached hydrogens (tertiary/aromatic N) is 3. The van der Waals surface area contributed by atoms with Crippen LogP contribution in [0.1, 0.15) is 16.7 Å². The second kappa shape index (κ2) is 10.0. The number of nitrogens with two attached hydrogens (primary N) is 1. The van der Waals surface area contributed by atoms with E-state index in [0.29, 0.717) is 5.69 Å². The molecule has 30 heavy (non-hydrogen) atoms. The van der Waals surface area contributed by atoms with E-state index in [2.05, 4.69) is 43.6 Å². The van der Waals surface area contributed by atoms with Crippen molar-refractivity contribution in [3.8, 4) is 11.1 Å². The Balaban J connectivity index is 1.61. The van der Waals surface area contributed by atoms with Crippen LogP contribution in [0.15, 0.2) is 81.3 Å². The van der Waals surface area contributed by atoms with Crippen LogP contribution in [-0.2, 0) is 6.54 Å². The number of benzene rings is 3. The molecule has 0 spiro atoms. The molecule has 3 aromatic carbocycles. The second-order valence-corrected chi connectivity index (χ2v) is 7.64. The van der Waals surface area contributed by atoms with Crippen LogP contribution >= 0.6 is 15.9 Å². The Labute approximate surface area is 184 Å². The Hall–Kier alpha value is -3.16. The van der Waals surface area contributed by atoms with Gasteiger partial charge in [0.2, 0.25) is 5.96 Å². The average molecular weight is 465 g/mol. The Morgan fingerprint density at radius 2 is 1.77 bits per heavy atom. The molecule has 0 bridgehead atoms. The van der Waals surface area contributed by atoms with Crippen molar-refractivity contribution >= 4 is 33.8 Å². The molecule has 0 saturated heterocycles. The predicted octanol–water partition coefficient (Wildman–Crippen LogP) is 4.80. The summed E-state index contributed by atoms with van der Waals surface area (Å²) in [4.78, 5) is 4.28. The highest BCUT2D eigenvalue weighted by atomic mass is 79.9. The highest BCUT2D eigenvalue weighted by Gasteiger charge is 2.06. The third kappa shape index (κ3) is 5.68. The number of aryl methyl sites for hydroxylation is 1. The first-order valence-electron chi connectivity index (χ1n) is 9.38. The molecule has 0 atom stereocenters. The number of halogens is 1. The Kier molecular flexibility index (Phi) is 7.21. The van der Waals surface area contributed by atoms with Gasteiger partial charge in [0.1, 0.15) is 0 Å². The summed E-state index contributed by atoms with van der Waals surface area (Å²) in [6, 6.07) is 22.0.